The Kier molecular flexibility index (Phi) is 4.74. The van der Waals surface area contributed by atoms with Crippen LogP contribution < -0.4 is 11.1 Å². The van der Waals surface area contributed by atoms with Crippen molar-refractivity contribution < 1.29 is 13.2 Å². The van der Waals surface area contributed by atoms with E-state index in [4.69, 9.17) is 5.73 Å². The zero-order valence-electron chi connectivity index (χ0n) is 11.2. The molecule has 1 aromatic carbocycles. The molecule has 1 aliphatic heterocycles. The Labute approximate surface area is 119 Å². The molecule has 0 atom stereocenters. The number of nitrogens with two attached hydrogens (primary N) is 1. The number of benzene rings is 1. The molecule has 110 valence electrons. The Balaban J connectivity index is 1.83. The van der Waals surface area contributed by atoms with Crippen LogP contribution >= 0.6 is 0 Å². The predicted octanol–water partition coefficient (Wildman–Crippen LogP) is -0.0894. The molecule has 0 saturated carbocycles. The van der Waals surface area contributed by atoms with Crippen LogP contribution in [0, 0.1) is 0 Å². The SMILES string of the molecule is NCc1ccc(C(=O)NCCN2CCCS2(=O)=O)cc1. The highest BCUT2D eigenvalue weighted by molar-refractivity contribution is 7.89. The largest absolute Gasteiger partial charge is 0.351 e. The normalized spacial score (nSPS) is 18.1. The lowest BCUT2D eigenvalue weighted by Crippen LogP contribution is -2.35. The van der Waals surface area contributed by atoms with Gasteiger partial charge < -0.3 is 11.1 Å². The van der Waals surface area contributed by atoms with E-state index in [-0.39, 0.29) is 11.7 Å². The summed E-state index contributed by atoms with van der Waals surface area (Å²) in [4.78, 5) is 11.9. The number of carbonyl (C=O) groups is 1. The Morgan fingerprint density at radius 3 is 2.55 bits per heavy atom. The van der Waals surface area contributed by atoms with Gasteiger partial charge in [0.1, 0.15) is 0 Å². The second-order valence-corrected chi connectivity index (χ2v) is 6.81. The molecule has 1 aliphatic rings. The lowest BCUT2D eigenvalue weighted by Gasteiger charge is -2.14. The quantitative estimate of drug-likeness (QED) is 0.794. The van der Waals surface area contributed by atoms with Gasteiger partial charge in [0, 0.05) is 31.7 Å². The van der Waals surface area contributed by atoms with Crippen molar-refractivity contribution in [2.45, 2.75) is 13.0 Å². The summed E-state index contributed by atoms with van der Waals surface area (Å²) in [7, 11) is -3.09. The Hall–Kier alpha value is -1.44. The molecule has 0 spiro atoms. The molecule has 0 aromatic heterocycles. The number of carbonyl (C=O) groups excluding carboxylic acids is 1. The third kappa shape index (κ3) is 3.56. The Morgan fingerprint density at radius 2 is 2.00 bits per heavy atom. The first kappa shape index (κ1) is 15.0. The van der Waals surface area contributed by atoms with E-state index in [1.807, 2.05) is 0 Å². The van der Waals surface area contributed by atoms with Gasteiger partial charge in [-0.25, -0.2) is 12.7 Å². The van der Waals surface area contributed by atoms with E-state index in [0.29, 0.717) is 38.2 Å². The highest BCUT2D eigenvalue weighted by Gasteiger charge is 2.27. The number of amides is 1. The van der Waals surface area contributed by atoms with Crippen LogP contribution in [0.2, 0.25) is 0 Å². The fourth-order valence-corrected chi connectivity index (χ4v) is 3.66. The smallest absolute Gasteiger partial charge is 0.251 e. The molecule has 2 rings (SSSR count). The number of nitrogens with zero attached hydrogens (tertiary/aromatic N) is 1. The molecular weight excluding hydrogens is 278 g/mol. The fraction of sp³-hybridized carbons (Fsp3) is 0.462. The highest BCUT2D eigenvalue weighted by Crippen LogP contribution is 2.11. The number of rotatable bonds is 5. The molecule has 1 amide bonds. The van der Waals surface area contributed by atoms with E-state index in [1.54, 1.807) is 24.3 Å². The average Bonchev–Trinajstić information content (AvgIpc) is 2.78. The molecule has 1 heterocycles. The molecule has 0 aliphatic carbocycles. The lowest BCUT2D eigenvalue weighted by atomic mass is 10.1. The second-order valence-electron chi connectivity index (χ2n) is 4.73. The molecule has 1 aromatic rings. The van der Waals surface area contributed by atoms with Gasteiger partial charge in [0.15, 0.2) is 0 Å². The third-order valence-corrected chi connectivity index (χ3v) is 5.26. The molecule has 3 N–H and O–H groups in total. The minimum absolute atomic E-state index is 0.204. The van der Waals surface area contributed by atoms with Crippen LogP contribution in [0.1, 0.15) is 22.3 Å². The van der Waals surface area contributed by atoms with Crippen molar-refractivity contribution in [1.82, 2.24) is 9.62 Å². The molecule has 0 radical (unpaired) electrons. The van der Waals surface area contributed by atoms with Gasteiger partial charge in [0.05, 0.1) is 5.75 Å². The van der Waals surface area contributed by atoms with Gasteiger partial charge >= 0.3 is 0 Å². The first-order valence-corrected chi connectivity index (χ1v) is 8.19. The van der Waals surface area contributed by atoms with Gasteiger partial charge in [-0.05, 0) is 24.1 Å². The molecule has 7 heteroatoms. The lowest BCUT2D eigenvalue weighted by molar-refractivity contribution is 0.0952. The zero-order chi connectivity index (χ0) is 14.6. The van der Waals surface area contributed by atoms with Crippen LogP contribution in [0.5, 0.6) is 0 Å². The van der Waals surface area contributed by atoms with E-state index < -0.39 is 10.0 Å². The summed E-state index contributed by atoms with van der Waals surface area (Å²) in [6.07, 6.45) is 0.664. The van der Waals surface area contributed by atoms with E-state index in [2.05, 4.69) is 5.32 Å². The summed E-state index contributed by atoms with van der Waals surface area (Å²) >= 11 is 0. The van der Waals surface area contributed by atoms with Crippen LogP contribution in [0.25, 0.3) is 0 Å². The van der Waals surface area contributed by atoms with E-state index >= 15 is 0 Å². The molecule has 20 heavy (non-hydrogen) atoms. The van der Waals surface area contributed by atoms with Crippen molar-refractivity contribution in [3.8, 4) is 0 Å². The first-order chi connectivity index (χ1) is 9.53. The summed E-state index contributed by atoms with van der Waals surface area (Å²) < 4.78 is 24.6. The monoisotopic (exact) mass is 297 g/mol. The van der Waals surface area contributed by atoms with Crippen LogP contribution in [0.3, 0.4) is 0 Å². The summed E-state index contributed by atoms with van der Waals surface area (Å²) in [5.74, 6) is 0.00627. The standard InChI is InChI=1S/C13H19N3O3S/c14-10-11-2-4-12(5-3-11)13(17)15-6-8-16-7-1-9-20(16,18)19/h2-5H,1,6-10,14H2,(H,15,17). The highest BCUT2D eigenvalue weighted by atomic mass is 32.2. The van der Waals surface area contributed by atoms with Crippen molar-refractivity contribution in [3.05, 3.63) is 35.4 Å². The molecular formula is C13H19N3O3S. The average molecular weight is 297 g/mol. The zero-order valence-corrected chi connectivity index (χ0v) is 12.0. The predicted molar refractivity (Wildman–Crippen MR) is 76.6 cm³/mol. The summed E-state index contributed by atoms with van der Waals surface area (Å²) in [5, 5.41) is 2.72. The molecule has 0 unspecified atom stereocenters. The molecule has 1 saturated heterocycles. The van der Waals surface area contributed by atoms with Crippen molar-refractivity contribution in [1.29, 1.82) is 0 Å². The number of hydrogen-bond acceptors (Lipinski definition) is 4. The number of hydrogen-bond donors (Lipinski definition) is 2. The minimum atomic E-state index is -3.09. The first-order valence-electron chi connectivity index (χ1n) is 6.58. The second kappa shape index (κ2) is 6.34. The Bertz CT molecular complexity index is 569. The van der Waals surface area contributed by atoms with Gasteiger partial charge in [-0.2, -0.15) is 0 Å². The van der Waals surface area contributed by atoms with Crippen LogP contribution in [0.15, 0.2) is 24.3 Å². The molecule has 6 nitrogen and oxygen atoms in total. The topological polar surface area (TPSA) is 92.5 Å². The number of sulfonamides is 1. The van der Waals surface area contributed by atoms with Gasteiger partial charge in [-0.1, -0.05) is 12.1 Å². The summed E-state index contributed by atoms with van der Waals surface area (Å²) in [5.41, 5.74) is 7.00. The maximum absolute atomic E-state index is 11.9. The summed E-state index contributed by atoms with van der Waals surface area (Å²) in [6.45, 7) is 1.63. The van der Waals surface area contributed by atoms with Crippen molar-refractivity contribution in [2.24, 2.45) is 5.73 Å². The van der Waals surface area contributed by atoms with Crippen LogP contribution in [-0.2, 0) is 16.6 Å². The van der Waals surface area contributed by atoms with Crippen LogP contribution in [0.4, 0.5) is 0 Å². The molecule has 0 bridgehead atoms. The van der Waals surface area contributed by atoms with E-state index in [0.717, 1.165) is 5.56 Å². The Morgan fingerprint density at radius 1 is 1.30 bits per heavy atom. The molecule has 1 fully saturated rings. The maximum Gasteiger partial charge on any atom is 0.251 e. The van der Waals surface area contributed by atoms with Gasteiger partial charge in [-0.3, -0.25) is 4.79 Å². The van der Waals surface area contributed by atoms with Crippen molar-refractivity contribution in [3.63, 3.8) is 0 Å². The van der Waals surface area contributed by atoms with Crippen molar-refractivity contribution in [2.75, 3.05) is 25.4 Å². The van der Waals surface area contributed by atoms with Gasteiger partial charge in [0.2, 0.25) is 10.0 Å². The summed E-state index contributed by atoms with van der Waals surface area (Å²) in [6, 6.07) is 7.04. The third-order valence-electron chi connectivity index (χ3n) is 3.30. The van der Waals surface area contributed by atoms with E-state index in [9.17, 15) is 13.2 Å². The minimum Gasteiger partial charge on any atom is -0.351 e. The fourth-order valence-electron chi connectivity index (χ4n) is 2.13. The maximum atomic E-state index is 11.9. The van der Waals surface area contributed by atoms with Gasteiger partial charge in [-0.15, -0.1) is 0 Å². The number of nitrogens with one attached hydrogen (secondary N) is 1. The van der Waals surface area contributed by atoms with Gasteiger partial charge in [0.25, 0.3) is 5.91 Å². The van der Waals surface area contributed by atoms with Crippen LogP contribution in [-0.4, -0.2) is 44.0 Å². The van der Waals surface area contributed by atoms with Crippen molar-refractivity contribution >= 4 is 15.9 Å². The van der Waals surface area contributed by atoms with E-state index in [1.165, 1.54) is 4.31 Å².